The van der Waals surface area contributed by atoms with Crippen molar-refractivity contribution in [1.29, 1.82) is 0 Å². The van der Waals surface area contributed by atoms with Gasteiger partial charge in [0.2, 0.25) is 10.0 Å². The molecule has 0 aromatic heterocycles. The number of carbonyl (C=O) groups is 1. The third-order valence-corrected chi connectivity index (χ3v) is 6.46. The number of hydrogen-bond donors (Lipinski definition) is 1. The van der Waals surface area contributed by atoms with E-state index in [4.69, 9.17) is 18.9 Å². The summed E-state index contributed by atoms with van der Waals surface area (Å²) >= 11 is 0. The van der Waals surface area contributed by atoms with Gasteiger partial charge in [0.1, 0.15) is 10.6 Å². The van der Waals surface area contributed by atoms with Crippen LogP contribution in [-0.2, 0) is 19.6 Å². The molecule has 1 N–H and O–H groups in total. The van der Waals surface area contributed by atoms with E-state index in [1.54, 1.807) is 24.3 Å². The van der Waals surface area contributed by atoms with E-state index in [1.807, 2.05) is 13.0 Å². The molecule has 1 aliphatic heterocycles. The molecule has 0 bridgehead atoms. The normalized spacial score (nSPS) is 14.6. The molecule has 9 nitrogen and oxygen atoms in total. The predicted molar refractivity (Wildman–Crippen MR) is 114 cm³/mol. The Bertz CT molecular complexity index is 1000. The molecule has 1 aliphatic rings. The van der Waals surface area contributed by atoms with E-state index in [0.717, 1.165) is 0 Å². The van der Waals surface area contributed by atoms with Gasteiger partial charge in [-0.3, -0.25) is 4.79 Å². The highest BCUT2D eigenvalue weighted by atomic mass is 32.2. The van der Waals surface area contributed by atoms with Crippen LogP contribution in [0, 0.1) is 0 Å². The van der Waals surface area contributed by atoms with Gasteiger partial charge >= 0.3 is 0 Å². The lowest BCUT2D eigenvalue weighted by atomic mass is 10.3. The van der Waals surface area contributed by atoms with E-state index in [9.17, 15) is 13.2 Å². The minimum absolute atomic E-state index is 0.0164. The van der Waals surface area contributed by atoms with Gasteiger partial charge < -0.3 is 24.3 Å². The van der Waals surface area contributed by atoms with Gasteiger partial charge in [0, 0.05) is 18.8 Å². The molecule has 2 aromatic rings. The number of sulfonamides is 1. The minimum atomic E-state index is -3.80. The van der Waals surface area contributed by atoms with E-state index in [0.29, 0.717) is 37.0 Å². The van der Waals surface area contributed by atoms with Crippen LogP contribution in [0.2, 0.25) is 0 Å². The summed E-state index contributed by atoms with van der Waals surface area (Å²) in [5, 5.41) is 2.66. The number of para-hydroxylation sites is 2. The summed E-state index contributed by atoms with van der Waals surface area (Å²) in [4.78, 5) is 12.4. The fourth-order valence-electron chi connectivity index (χ4n) is 3.07. The maximum atomic E-state index is 13.1. The Morgan fingerprint density at radius 2 is 1.74 bits per heavy atom. The standard InChI is InChI=1S/C21H26N2O7S/c1-3-29-17-6-4-5-7-18(17)30-15-21(24)22-16-8-9-19(27-2)20(14-16)31(25,26)23-10-12-28-13-11-23/h4-9,14H,3,10-13,15H2,1-2H3,(H,22,24). The number of amides is 1. The monoisotopic (exact) mass is 450 g/mol. The van der Waals surface area contributed by atoms with Crippen LogP contribution in [0.15, 0.2) is 47.4 Å². The molecule has 168 valence electrons. The van der Waals surface area contributed by atoms with Crippen LogP contribution in [0.4, 0.5) is 5.69 Å². The minimum Gasteiger partial charge on any atom is -0.495 e. The van der Waals surface area contributed by atoms with E-state index in [2.05, 4.69) is 5.32 Å². The zero-order chi connectivity index (χ0) is 22.3. The molecule has 1 amide bonds. The Morgan fingerprint density at radius 3 is 2.39 bits per heavy atom. The van der Waals surface area contributed by atoms with Crippen LogP contribution < -0.4 is 19.5 Å². The van der Waals surface area contributed by atoms with E-state index in [1.165, 1.54) is 23.5 Å². The third kappa shape index (κ3) is 5.66. The molecule has 0 radical (unpaired) electrons. The fraction of sp³-hybridized carbons (Fsp3) is 0.381. The average Bonchev–Trinajstić information content (AvgIpc) is 2.79. The zero-order valence-corrected chi connectivity index (χ0v) is 18.3. The summed E-state index contributed by atoms with van der Waals surface area (Å²) in [5.41, 5.74) is 0.319. The van der Waals surface area contributed by atoms with Gasteiger partial charge in [-0.05, 0) is 37.3 Å². The van der Waals surface area contributed by atoms with Crippen LogP contribution in [0.25, 0.3) is 0 Å². The number of nitrogens with zero attached hydrogens (tertiary/aromatic N) is 1. The van der Waals surface area contributed by atoms with Crippen LogP contribution in [0.5, 0.6) is 17.2 Å². The number of carbonyl (C=O) groups excluding carboxylic acids is 1. The molecule has 1 fully saturated rings. The molecule has 2 aromatic carbocycles. The summed E-state index contributed by atoms with van der Waals surface area (Å²) in [6.07, 6.45) is 0. The molecule has 0 atom stereocenters. The molecule has 0 spiro atoms. The Morgan fingerprint density at radius 1 is 1.06 bits per heavy atom. The van der Waals surface area contributed by atoms with E-state index >= 15 is 0 Å². The first kappa shape index (κ1) is 22.9. The van der Waals surface area contributed by atoms with Gasteiger partial charge in [-0.15, -0.1) is 0 Å². The number of benzene rings is 2. The van der Waals surface area contributed by atoms with Crippen molar-refractivity contribution in [2.75, 3.05) is 51.9 Å². The molecular formula is C21H26N2O7S. The predicted octanol–water partition coefficient (Wildman–Crippen LogP) is 2.13. The number of morpholine rings is 1. The number of rotatable bonds is 9. The van der Waals surface area contributed by atoms with Gasteiger partial charge in [0.15, 0.2) is 18.1 Å². The number of nitrogens with one attached hydrogen (secondary N) is 1. The van der Waals surface area contributed by atoms with Crippen LogP contribution >= 0.6 is 0 Å². The van der Waals surface area contributed by atoms with Crippen LogP contribution in [-0.4, -0.2) is 65.3 Å². The highest BCUT2D eigenvalue weighted by Gasteiger charge is 2.29. The van der Waals surface area contributed by atoms with Gasteiger partial charge in [-0.25, -0.2) is 8.42 Å². The van der Waals surface area contributed by atoms with Crippen molar-refractivity contribution in [2.24, 2.45) is 0 Å². The molecule has 1 heterocycles. The molecular weight excluding hydrogens is 424 g/mol. The largest absolute Gasteiger partial charge is 0.495 e. The number of ether oxygens (including phenoxy) is 4. The Hall–Kier alpha value is -2.82. The first-order valence-electron chi connectivity index (χ1n) is 9.86. The smallest absolute Gasteiger partial charge is 0.262 e. The summed E-state index contributed by atoms with van der Waals surface area (Å²) in [6.45, 7) is 3.25. The Balaban J connectivity index is 1.72. The van der Waals surface area contributed by atoms with Crippen molar-refractivity contribution in [3.05, 3.63) is 42.5 Å². The molecule has 0 saturated carbocycles. The van der Waals surface area contributed by atoms with Crippen molar-refractivity contribution in [3.63, 3.8) is 0 Å². The molecule has 0 unspecified atom stereocenters. The van der Waals surface area contributed by atoms with Crippen molar-refractivity contribution in [1.82, 2.24) is 4.31 Å². The van der Waals surface area contributed by atoms with Crippen molar-refractivity contribution in [3.8, 4) is 17.2 Å². The summed E-state index contributed by atoms with van der Waals surface area (Å²) in [5.74, 6) is 0.753. The first-order chi connectivity index (χ1) is 15.0. The van der Waals surface area contributed by atoms with Gasteiger partial charge in [-0.1, -0.05) is 12.1 Å². The fourth-order valence-corrected chi connectivity index (χ4v) is 4.66. The highest BCUT2D eigenvalue weighted by Crippen LogP contribution is 2.30. The van der Waals surface area contributed by atoms with Gasteiger partial charge in [0.05, 0.1) is 26.9 Å². The van der Waals surface area contributed by atoms with Crippen LogP contribution in [0.3, 0.4) is 0 Å². The summed E-state index contributed by atoms with van der Waals surface area (Å²) in [6, 6.07) is 11.5. The van der Waals surface area contributed by atoms with Crippen molar-refractivity contribution >= 4 is 21.6 Å². The maximum absolute atomic E-state index is 13.1. The van der Waals surface area contributed by atoms with Crippen molar-refractivity contribution < 1.29 is 32.2 Å². The molecule has 10 heteroatoms. The third-order valence-electron chi connectivity index (χ3n) is 4.54. The second-order valence-corrected chi connectivity index (χ2v) is 8.51. The van der Waals surface area contributed by atoms with Crippen LogP contribution in [0.1, 0.15) is 6.92 Å². The van der Waals surface area contributed by atoms with E-state index < -0.39 is 15.9 Å². The number of methoxy groups -OCH3 is 1. The van der Waals surface area contributed by atoms with Gasteiger partial charge in [-0.2, -0.15) is 4.31 Å². The Kier molecular flexibility index (Phi) is 7.72. The second-order valence-electron chi connectivity index (χ2n) is 6.60. The molecule has 3 rings (SSSR count). The quantitative estimate of drug-likeness (QED) is 0.624. The highest BCUT2D eigenvalue weighted by molar-refractivity contribution is 7.89. The zero-order valence-electron chi connectivity index (χ0n) is 17.5. The van der Waals surface area contributed by atoms with Crippen molar-refractivity contribution in [2.45, 2.75) is 11.8 Å². The lowest BCUT2D eigenvalue weighted by Gasteiger charge is -2.26. The molecule has 0 aliphatic carbocycles. The van der Waals surface area contributed by atoms with E-state index in [-0.39, 0.29) is 30.3 Å². The summed E-state index contributed by atoms with van der Waals surface area (Å²) < 4.78 is 48.9. The molecule has 31 heavy (non-hydrogen) atoms. The maximum Gasteiger partial charge on any atom is 0.262 e. The number of anilines is 1. The Labute approximate surface area is 181 Å². The lowest BCUT2D eigenvalue weighted by Crippen LogP contribution is -2.40. The second kappa shape index (κ2) is 10.5. The number of hydrogen-bond acceptors (Lipinski definition) is 7. The SMILES string of the molecule is CCOc1ccccc1OCC(=O)Nc1ccc(OC)c(S(=O)(=O)N2CCOCC2)c1. The average molecular weight is 451 g/mol. The summed E-state index contributed by atoms with van der Waals surface area (Å²) in [7, 11) is -2.40. The molecule has 1 saturated heterocycles. The first-order valence-corrected chi connectivity index (χ1v) is 11.3. The topological polar surface area (TPSA) is 103 Å². The van der Waals surface area contributed by atoms with Gasteiger partial charge in [0.25, 0.3) is 5.91 Å². The lowest BCUT2D eigenvalue weighted by molar-refractivity contribution is -0.118.